The highest BCUT2D eigenvalue weighted by Crippen LogP contribution is 2.34. The van der Waals surface area contributed by atoms with Gasteiger partial charge in [-0.05, 0) is 24.6 Å². The van der Waals surface area contributed by atoms with E-state index in [-0.39, 0.29) is 12.2 Å². The van der Waals surface area contributed by atoms with Gasteiger partial charge in [-0.25, -0.2) is 0 Å². The minimum Gasteiger partial charge on any atom is -0.368 e. The number of carbonyl (C=O) groups is 1. The van der Waals surface area contributed by atoms with Gasteiger partial charge in [-0.1, -0.05) is 6.92 Å². The van der Waals surface area contributed by atoms with E-state index in [1.165, 1.54) is 17.0 Å². The van der Waals surface area contributed by atoms with E-state index < -0.39 is 23.2 Å². The molecule has 1 amide bonds. The minimum atomic E-state index is -4.62. The van der Waals surface area contributed by atoms with Gasteiger partial charge >= 0.3 is 6.18 Å². The van der Waals surface area contributed by atoms with E-state index in [0.29, 0.717) is 13.0 Å². The van der Waals surface area contributed by atoms with Crippen LogP contribution in [0.4, 0.5) is 18.9 Å². The summed E-state index contributed by atoms with van der Waals surface area (Å²) in [4.78, 5) is 12.4. The zero-order valence-corrected chi connectivity index (χ0v) is 10.9. The molecular weight excluding hydrogens is 271 g/mol. The van der Waals surface area contributed by atoms with Gasteiger partial charge in [0.1, 0.15) is 0 Å². The van der Waals surface area contributed by atoms with Gasteiger partial charge in [0.15, 0.2) is 0 Å². The number of amides is 1. The molecule has 0 unspecified atom stereocenters. The first-order valence-electron chi connectivity index (χ1n) is 5.94. The largest absolute Gasteiger partial charge is 0.417 e. The number of halogens is 3. The third kappa shape index (κ3) is 3.88. The topological polar surface area (TPSA) is 70.1 Å². The number of benzene rings is 1. The van der Waals surface area contributed by atoms with Gasteiger partial charge in [0.25, 0.3) is 0 Å². The molecule has 0 aliphatic heterocycles. The fourth-order valence-corrected chi connectivity index (χ4v) is 1.82. The molecule has 0 heterocycles. The number of primary amides is 1. The molecule has 108 valence electrons. The first kappa shape index (κ1) is 15.8. The van der Waals surface area contributed by atoms with Crippen molar-refractivity contribution in [1.82, 2.24) is 0 Å². The Morgan fingerprint density at radius 1 is 1.45 bits per heavy atom. The standard InChI is InChI=1S/C13H14F3N3O/c1-2-5-19(8-12(18)20)10-4-3-9(7-17)11(6-10)13(14,15)16/h3-4,6H,2,5,8H2,1H3,(H2,18,20). The highest BCUT2D eigenvalue weighted by atomic mass is 19.4. The van der Waals surface area contributed by atoms with Crippen LogP contribution in [-0.2, 0) is 11.0 Å². The fraction of sp³-hybridized carbons (Fsp3) is 0.385. The highest BCUT2D eigenvalue weighted by molar-refractivity contribution is 5.79. The lowest BCUT2D eigenvalue weighted by atomic mass is 10.1. The second-order valence-electron chi connectivity index (χ2n) is 4.23. The number of alkyl halides is 3. The molecule has 1 aromatic carbocycles. The van der Waals surface area contributed by atoms with Gasteiger partial charge < -0.3 is 10.6 Å². The van der Waals surface area contributed by atoms with Crippen molar-refractivity contribution in [3.63, 3.8) is 0 Å². The lowest BCUT2D eigenvalue weighted by Gasteiger charge is -2.24. The summed E-state index contributed by atoms with van der Waals surface area (Å²) in [6.07, 6.45) is -3.97. The molecule has 1 rings (SSSR count). The van der Waals surface area contributed by atoms with Crippen molar-refractivity contribution in [3.8, 4) is 6.07 Å². The maximum absolute atomic E-state index is 12.9. The van der Waals surface area contributed by atoms with Crippen molar-refractivity contribution in [3.05, 3.63) is 29.3 Å². The molecule has 0 spiro atoms. The zero-order valence-electron chi connectivity index (χ0n) is 10.9. The van der Waals surface area contributed by atoms with E-state index in [1.807, 2.05) is 6.92 Å². The van der Waals surface area contributed by atoms with Crippen LogP contribution in [0.3, 0.4) is 0 Å². The first-order valence-corrected chi connectivity index (χ1v) is 5.94. The smallest absolute Gasteiger partial charge is 0.368 e. The Morgan fingerprint density at radius 2 is 2.10 bits per heavy atom. The number of hydrogen-bond donors (Lipinski definition) is 1. The molecule has 4 nitrogen and oxygen atoms in total. The van der Waals surface area contributed by atoms with E-state index >= 15 is 0 Å². The SMILES string of the molecule is CCCN(CC(N)=O)c1ccc(C#N)c(C(F)(F)F)c1. The van der Waals surface area contributed by atoms with Crippen LogP contribution in [0.1, 0.15) is 24.5 Å². The van der Waals surface area contributed by atoms with Crippen molar-refractivity contribution in [2.75, 3.05) is 18.0 Å². The summed E-state index contributed by atoms with van der Waals surface area (Å²) in [6.45, 7) is 2.06. The maximum Gasteiger partial charge on any atom is 0.417 e. The van der Waals surface area contributed by atoms with Crippen molar-refractivity contribution in [2.45, 2.75) is 19.5 Å². The van der Waals surface area contributed by atoms with Crippen LogP contribution in [-0.4, -0.2) is 19.0 Å². The molecule has 0 aromatic heterocycles. The Morgan fingerprint density at radius 3 is 2.55 bits per heavy atom. The van der Waals surface area contributed by atoms with Crippen molar-refractivity contribution in [1.29, 1.82) is 5.26 Å². The normalized spacial score (nSPS) is 10.9. The molecule has 0 saturated carbocycles. The Labute approximate surface area is 114 Å². The average Bonchev–Trinajstić information content (AvgIpc) is 2.36. The molecule has 0 aliphatic rings. The quantitative estimate of drug-likeness (QED) is 0.902. The lowest BCUT2D eigenvalue weighted by molar-refractivity contribution is -0.137. The number of carbonyl (C=O) groups excluding carboxylic acids is 1. The minimum absolute atomic E-state index is 0.170. The lowest BCUT2D eigenvalue weighted by Crippen LogP contribution is -2.34. The first-order chi connectivity index (χ1) is 9.29. The molecule has 1 aromatic rings. The monoisotopic (exact) mass is 285 g/mol. The number of hydrogen-bond acceptors (Lipinski definition) is 3. The fourth-order valence-electron chi connectivity index (χ4n) is 1.82. The van der Waals surface area contributed by atoms with E-state index in [0.717, 1.165) is 12.1 Å². The molecule has 0 saturated heterocycles. The van der Waals surface area contributed by atoms with Gasteiger partial charge in [-0.15, -0.1) is 0 Å². The number of rotatable bonds is 5. The summed E-state index contributed by atoms with van der Waals surface area (Å²) in [5, 5.41) is 8.72. The highest BCUT2D eigenvalue weighted by Gasteiger charge is 2.34. The third-order valence-electron chi connectivity index (χ3n) is 2.63. The molecule has 0 aliphatic carbocycles. The second-order valence-corrected chi connectivity index (χ2v) is 4.23. The van der Waals surface area contributed by atoms with E-state index in [1.54, 1.807) is 0 Å². The van der Waals surface area contributed by atoms with Crippen molar-refractivity contribution in [2.24, 2.45) is 5.73 Å². The van der Waals surface area contributed by atoms with Gasteiger partial charge in [0.05, 0.1) is 23.7 Å². The van der Waals surface area contributed by atoms with E-state index in [9.17, 15) is 18.0 Å². The Hall–Kier alpha value is -2.23. The summed E-state index contributed by atoms with van der Waals surface area (Å²) < 4.78 is 38.6. The van der Waals surface area contributed by atoms with Crippen LogP contribution in [0.2, 0.25) is 0 Å². The van der Waals surface area contributed by atoms with Gasteiger partial charge in [-0.3, -0.25) is 4.79 Å². The third-order valence-corrected chi connectivity index (χ3v) is 2.63. The molecule has 7 heteroatoms. The Balaban J connectivity index is 3.24. The second kappa shape index (κ2) is 6.28. The summed E-state index contributed by atoms with van der Waals surface area (Å²) in [5.41, 5.74) is 3.85. The molecule has 0 fully saturated rings. The molecule has 2 N–H and O–H groups in total. The maximum atomic E-state index is 12.9. The van der Waals surface area contributed by atoms with Crippen LogP contribution >= 0.6 is 0 Å². The van der Waals surface area contributed by atoms with Crippen LogP contribution < -0.4 is 10.6 Å². The molecule has 0 radical (unpaired) electrons. The molecular formula is C13H14F3N3O. The summed E-state index contributed by atoms with van der Waals surface area (Å²) in [7, 11) is 0. The van der Waals surface area contributed by atoms with Gasteiger partial charge in [0.2, 0.25) is 5.91 Å². The Kier molecular flexibility index (Phi) is 4.97. The van der Waals surface area contributed by atoms with Crippen LogP contribution in [0, 0.1) is 11.3 Å². The van der Waals surface area contributed by atoms with Gasteiger partial charge in [0, 0.05) is 12.2 Å². The van der Waals surface area contributed by atoms with Crippen LogP contribution in [0.15, 0.2) is 18.2 Å². The van der Waals surface area contributed by atoms with Gasteiger partial charge in [-0.2, -0.15) is 18.4 Å². The number of nitrogens with two attached hydrogens (primary N) is 1. The predicted molar refractivity (Wildman–Crippen MR) is 67.9 cm³/mol. The van der Waals surface area contributed by atoms with Crippen molar-refractivity contribution < 1.29 is 18.0 Å². The average molecular weight is 285 g/mol. The zero-order chi connectivity index (χ0) is 15.3. The summed E-state index contributed by atoms with van der Waals surface area (Å²) in [5.74, 6) is -0.628. The Bertz CT molecular complexity index is 535. The molecule has 20 heavy (non-hydrogen) atoms. The predicted octanol–water partition coefficient (Wildman–Crippen LogP) is 2.28. The summed E-state index contributed by atoms with van der Waals surface area (Å²) >= 11 is 0. The summed E-state index contributed by atoms with van der Waals surface area (Å²) in [6, 6.07) is 4.86. The molecule has 0 bridgehead atoms. The number of nitrogens with zero attached hydrogens (tertiary/aromatic N) is 2. The van der Waals surface area contributed by atoms with Crippen LogP contribution in [0.25, 0.3) is 0 Å². The van der Waals surface area contributed by atoms with E-state index in [4.69, 9.17) is 11.0 Å². The van der Waals surface area contributed by atoms with E-state index in [2.05, 4.69) is 0 Å². The van der Waals surface area contributed by atoms with Crippen LogP contribution in [0.5, 0.6) is 0 Å². The number of anilines is 1. The van der Waals surface area contributed by atoms with Crippen molar-refractivity contribution >= 4 is 11.6 Å². The number of nitriles is 1. The molecule has 0 atom stereocenters.